The normalized spacial score (nSPS) is 12.4. The number of fused-ring (bicyclic) bond motifs is 1. The topological polar surface area (TPSA) is 56.5 Å². The molecule has 0 radical (unpaired) electrons. The zero-order valence-electron chi connectivity index (χ0n) is 17.1. The number of aromatic nitrogens is 3. The second-order valence-electron chi connectivity index (χ2n) is 7.67. The summed E-state index contributed by atoms with van der Waals surface area (Å²) in [4.78, 5) is 11.8. The summed E-state index contributed by atoms with van der Waals surface area (Å²) >= 11 is 0. The lowest BCUT2D eigenvalue weighted by Crippen LogP contribution is -2.25. The van der Waals surface area contributed by atoms with E-state index < -0.39 is 0 Å². The van der Waals surface area contributed by atoms with Gasteiger partial charge in [-0.3, -0.25) is 0 Å². The summed E-state index contributed by atoms with van der Waals surface area (Å²) in [7, 11) is 0. The van der Waals surface area contributed by atoms with Gasteiger partial charge in [0.15, 0.2) is 0 Å². The predicted molar refractivity (Wildman–Crippen MR) is 121 cm³/mol. The molecular weight excluding hydrogens is 356 g/mol. The van der Waals surface area contributed by atoms with Gasteiger partial charge in [-0.2, -0.15) is 0 Å². The molecule has 2 aromatic carbocycles. The average molecular weight is 387 g/mol. The highest BCUT2D eigenvalue weighted by Gasteiger charge is 2.18. The van der Waals surface area contributed by atoms with Crippen molar-refractivity contribution < 1.29 is 0 Å². The molecule has 4 heteroatoms. The highest BCUT2D eigenvalue weighted by Crippen LogP contribution is 2.25. The minimum Gasteiger partial charge on any atom is -0.361 e. The Morgan fingerprint density at radius 2 is 1.72 bits per heavy atom. The summed E-state index contributed by atoms with van der Waals surface area (Å²) in [6.07, 6.45) is 10.1. The molecular formula is C25H30N4. The number of hydrogen-bond acceptors (Lipinski definition) is 2. The van der Waals surface area contributed by atoms with E-state index in [9.17, 15) is 0 Å². The van der Waals surface area contributed by atoms with Gasteiger partial charge in [0.25, 0.3) is 0 Å². The summed E-state index contributed by atoms with van der Waals surface area (Å²) in [5, 5.41) is 5.05. The van der Waals surface area contributed by atoms with E-state index in [1.54, 1.807) is 0 Å². The van der Waals surface area contributed by atoms with Crippen molar-refractivity contribution in [3.63, 3.8) is 0 Å². The molecule has 2 aromatic heterocycles. The Morgan fingerprint density at radius 3 is 2.59 bits per heavy atom. The van der Waals surface area contributed by atoms with Crippen LogP contribution in [-0.2, 0) is 6.42 Å². The van der Waals surface area contributed by atoms with E-state index in [2.05, 4.69) is 76.9 Å². The number of rotatable bonds is 10. The fraction of sp³-hybridized carbons (Fsp3) is 0.320. The third-order valence-electron chi connectivity index (χ3n) is 5.52. The molecule has 0 unspecified atom stereocenters. The molecule has 2 heterocycles. The number of aromatic amines is 2. The fourth-order valence-corrected chi connectivity index (χ4v) is 3.89. The van der Waals surface area contributed by atoms with Crippen LogP contribution in [-0.4, -0.2) is 21.5 Å². The molecule has 1 atom stereocenters. The van der Waals surface area contributed by atoms with Crippen LogP contribution < -0.4 is 5.32 Å². The van der Waals surface area contributed by atoms with Crippen LogP contribution >= 0.6 is 0 Å². The lowest BCUT2D eigenvalue weighted by Gasteiger charge is -2.16. The van der Waals surface area contributed by atoms with Crippen molar-refractivity contribution in [2.45, 2.75) is 45.1 Å². The molecule has 3 N–H and O–H groups in total. The minimum atomic E-state index is 0.160. The summed E-state index contributed by atoms with van der Waals surface area (Å²) in [6.45, 7) is 3.26. The van der Waals surface area contributed by atoms with Crippen molar-refractivity contribution in [1.82, 2.24) is 20.3 Å². The Hall–Kier alpha value is -2.85. The summed E-state index contributed by atoms with van der Waals surface area (Å²) in [5.41, 5.74) is 4.65. The van der Waals surface area contributed by atoms with Crippen molar-refractivity contribution in [3.05, 3.63) is 78.4 Å². The molecule has 0 spiro atoms. The second kappa shape index (κ2) is 9.57. The second-order valence-corrected chi connectivity index (χ2v) is 7.67. The standard InChI is InChI=1S/C25H30N4/c1-2-3-4-10-15-26-23(16-20-17-27-22-14-9-8-13-21(20)22)25-28-18-24(29-25)19-11-6-5-7-12-19/h5-9,11-14,17-18,23,26-27H,2-4,10,15-16H2,1H3,(H,28,29)/t23-/m0/s1. The van der Waals surface area contributed by atoms with Crippen molar-refractivity contribution in [1.29, 1.82) is 0 Å². The third-order valence-corrected chi connectivity index (χ3v) is 5.52. The Labute approximate surface area is 172 Å². The third kappa shape index (κ3) is 4.77. The number of imidazole rings is 1. The Bertz CT molecular complexity index is 1020. The van der Waals surface area contributed by atoms with E-state index in [-0.39, 0.29) is 6.04 Å². The van der Waals surface area contributed by atoms with Crippen LogP contribution in [0.25, 0.3) is 22.2 Å². The Morgan fingerprint density at radius 1 is 0.897 bits per heavy atom. The number of nitrogens with one attached hydrogen (secondary N) is 3. The van der Waals surface area contributed by atoms with Crippen LogP contribution in [0, 0.1) is 0 Å². The first-order valence-electron chi connectivity index (χ1n) is 10.7. The van der Waals surface area contributed by atoms with Crippen molar-refractivity contribution >= 4 is 10.9 Å². The first-order valence-corrected chi connectivity index (χ1v) is 10.7. The Kier molecular flexibility index (Phi) is 6.42. The number of para-hydroxylation sites is 1. The maximum Gasteiger partial charge on any atom is 0.124 e. The zero-order chi connectivity index (χ0) is 19.9. The molecule has 0 bridgehead atoms. The van der Waals surface area contributed by atoms with E-state index in [1.165, 1.54) is 42.1 Å². The maximum absolute atomic E-state index is 4.93. The van der Waals surface area contributed by atoms with Crippen LogP contribution in [0.3, 0.4) is 0 Å². The largest absolute Gasteiger partial charge is 0.361 e. The quantitative estimate of drug-likeness (QED) is 0.292. The highest BCUT2D eigenvalue weighted by atomic mass is 15.0. The van der Waals surface area contributed by atoms with Gasteiger partial charge in [-0.1, -0.05) is 74.7 Å². The molecule has 4 nitrogen and oxygen atoms in total. The Balaban J connectivity index is 1.54. The van der Waals surface area contributed by atoms with Gasteiger partial charge in [-0.25, -0.2) is 4.98 Å². The number of unbranched alkanes of at least 4 members (excludes halogenated alkanes) is 3. The SMILES string of the molecule is CCCCCCN[C@@H](Cc1c[nH]c2ccccc12)c1nc(-c2ccccc2)c[nH]1. The molecule has 0 aliphatic heterocycles. The highest BCUT2D eigenvalue weighted by molar-refractivity contribution is 5.83. The van der Waals surface area contributed by atoms with Gasteiger partial charge in [0, 0.05) is 28.9 Å². The first kappa shape index (κ1) is 19.5. The van der Waals surface area contributed by atoms with Crippen LogP contribution in [0.5, 0.6) is 0 Å². The molecule has 29 heavy (non-hydrogen) atoms. The number of nitrogens with zero attached hydrogens (tertiary/aromatic N) is 1. The monoisotopic (exact) mass is 386 g/mol. The average Bonchev–Trinajstić information content (AvgIpc) is 3.41. The summed E-state index contributed by atoms with van der Waals surface area (Å²) < 4.78 is 0. The molecule has 4 aromatic rings. The van der Waals surface area contributed by atoms with E-state index in [1.807, 2.05) is 12.3 Å². The first-order chi connectivity index (χ1) is 14.3. The molecule has 0 saturated heterocycles. The van der Waals surface area contributed by atoms with Gasteiger partial charge in [-0.15, -0.1) is 0 Å². The van der Waals surface area contributed by atoms with Gasteiger partial charge in [0.1, 0.15) is 5.82 Å². The fourth-order valence-electron chi connectivity index (χ4n) is 3.89. The zero-order valence-corrected chi connectivity index (χ0v) is 17.1. The van der Waals surface area contributed by atoms with Crippen molar-refractivity contribution in [3.8, 4) is 11.3 Å². The number of hydrogen-bond donors (Lipinski definition) is 3. The van der Waals surface area contributed by atoms with E-state index in [4.69, 9.17) is 4.98 Å². The molecule has 0 aliphatic carbocycles. The molecule has 4 rings (SSSR count). The number of H-pyrrole nitrogens is 2. The molecule has 0 saturated carbocycles. The van der Waals surface area contributed by atoms with Gasteiger partial charge in [0.05, 0.1) is 11.7 Å². The van der Waals surface area contributed by atoms with Gasteiger partial charge < -0.3 is 15.3 Å². The van der Waals surface area contributed by atoms with Crippen LogP contribution in [0.2, 0.25) is 0 Å². The van der Waals surface area contributed by atoms with Gasteiger partial charge in [-0.05, 0) is 31.0 Å². The van der Waals surface area contributed by atoms with Crippen LogP contribution in [0.1, 0.15) is 50.0 Å². The van der Waals surface area contributed by atoms with Crippen LogP contribution in [0.15, 0.2) is 67.0 Å². The number of benzene rings is 2. The predicted octanol–water partition coefficient (Wildman–Crippen LogP) is 6.01. The van der Waals surface area contributed by atoms with E-state index in [0.717, 1.165) is 30.0 Å². The van der Waals surface area contributed by atoms with E-state index >= 15 is 0 Å². The van der Waals surface area contributed by atoms with Crippen LogP contribution in [0.4, 0.5) is 0 Å². The minimum absolute atomic E-state index is 0.160. The summed E-state index contributed by atoms with van der Waals surface area (Å²) in [6, 6.07) is 19.0. The van der Waals surface area contributed by atoms with E-state index in [0.29, 0.717) is 0 Å². The van der Waals surface area contributed by atoms with Crippen molar-refractivity contribution in [2.24, 2.45) is 0 Å². The lowest BCUT2D eigenvalue weighted by atomic mass is 10.0. The van der Waals surface area contributed by atoms with Gasteiger partial charge in [0.2, 0.25) is 0 Å². The molecule has 0 amide bonds. The van der Waals surface area contributed by atoms with Gasteiger partial charge >= 0.3 is 0 Å². The maximum atomic E-state index is 4.93. The lowest BCUT2D eigenvalue weighted by molar-refractivity contribution is 0.491. The smallest absolute Gasteiger partial charge is 0.124 e. The molecule has 0 fully saturated rings. The molecule has 0 aliphatic rings. The summed E-state index contributed by atoms with van der Waals surface area (Å²) in [5.74, 6) is 1.00. The van der Waals surface area contributed by atoms with Crippen molar-refractivity contribution in [2.75, 3.05) is 6.54 Å². The molecule has 150 valence electrons.